The summed E-state index contributed by atoms with van der Waals surface area (Å²) in [6.07, 6.45) is 0.874. The smallest absolute Gasteiger partial charge is 0.217 e. The molecule has 24 heavy (non-hydrogen) atoms. The number of aromatic nitrogens is 3. The quantitative estimate of drug-likeness (QED) is 0.371. The number of rotatable bonds is 6. The minimum absolute atomic E-state index is 0.253. The lowest BCUT2D eigenvalue weighted by Gasteiger charge is -2.05. The summed E-state index contributed by atoms with van der Waals surface area (Å²) < 4.78 is 21.7. The van der Waals surface area contributed by atoms with E-state index in [9.17, 15) is 4.39 Å². The van der Waals surface area contributed by atoms with Gasteiger partial charge in [-0.15, -0.1) is 10.2 Å². The molecule has 4 rings (SSSR count). The summed E-state index contributed by atoms with van der Waals surface area (Å²) in [5.74, 6) is 1.32. The maximum atomic E-state index is 12.8. The Labute approximate surface area is 146 Å². The molecule has 122 valence electrons. The van der Waals surface area contributed by atoms with E-state index in [1.165, 1.54) is 16.8 Å². The Kier molecular flexibility index (Phi) is 4.36. The number of thioether (sulfide) groups is 1. The zero-order valence-corrected chi connectivity index (χ0v) is 14.3. The van der Waals surface area contributed by atoms with Crippen molar-refractivity contribution in [2.45, 2.75) is 11.6 Å². The van der Waals surface area contributed by atoms with Gasteiger partial charge in [0.25, 0.3) is 0 Å². The summed E-state index contributed by atoms with van der Waals surface area (Å²) >= 11 is 3.31. The van der Waals surface area contributed by atoms with Crippen LogP contribution in [0.4, 0.5) is 4.39 Å². The van der Waals surface area contributed by atoms with Crippen molar-refractivity contribution in [3.05, 3.63) is 54.3 Å². The van der Waals surface area contributed by atoms with Gasteiger partial charge in [0.05, 0.1) is 16.8 Å². The first kappa shape index (κ1) is 15.4. The maximum absolute atomic E-state index is 12.8. The van der Waals surface area contributed by atoms with Crippen molar-refractivity contribution in [1.29, 1.82) is 0 Å². The highest BCUT2D eigenvalue weighted by atomic mass is 32.2. The van der Waals surface area contributed by atoms with Gasteiger partial charge in [-0.2, -0.15) is 0 Å². The van der Waals surface area contributed by atoms with Crippen LogP contribution in [0.2, 0.25) is 0 Å². The molecule has 0 unspecified atom stereocenters. The second-order valence-corrected chi connectivity index (χ2v) is 7.25. The van der Waals surface area contributed by atoms with Gasteiger partial charge in [-0.1, -0.05) is 35.2 Å². The minimum Gasteiger partial charge on any atom is -0.494 e. The Balaban J connectivity index is 1.36. The van der Waals surface area contributed by atoms with E-state index < -0.39 is 0 Å². The highest BCUT2D eigenvalue weighted by Gasteiger charge is 2.12. The number of para-hydroxylation sites is 1. The van der Waals surface area contributed by atoms with Crippen LogP contribution in [-0.2, 0) is 0 Å². The average Bonchev–Trinajstić information content (AvgIpc) is 3.16. The van der Waals surface area contributed by atoms with Crippen molar-refractivity contribution in [1.82, 2.24) is 14.6 Å². The Morgan fingerprint density at radius 1 is 1.08 bits per heavy atom. The summed E-state index contributed by atoms with van der Waals surface area (Å²) in [5.41, 5.74) is 1.15. The molecule has 0 saturated heterocycles. The summed E-state index contributed by atoms with van der Waals surface area (Å²) in [4.78, 5) is 0.918. The first-order chi connectivity index (χ1) is 11.8. The number of thiazole rings is 1. The highest BCUT2D eigenvalue weighted by Crippen LogP contribution is 2.29. The molecule has 0 aliphatic rings. The Hall–Kier alpha value is -2.12. The molecular weight excluding hydrogens is 345 g/mol. The van der Waals surface area contributed by atoms with Gasteiger partial charge in [-0.3, -0.25) is 4.40 Å². The number of halogens is 1. The molecule has 0 spiro atoms. The van der Waals surface area contributed by atoms with Crippen LogP contribution in [0.1, 0.15) is 6.42 Å². The number of nitrogens with zero attached hydrogens (tertiary/aromatic N) is 3. The second kappa shape index (κ2) is 6.78. The molecule has 0 N–H and O–H groups in total. The number of benzene rings is 2. The SMILES string of the molecule is Fc1ccc(OCCCSc2nnc3sc4ccccc4n23)cc1. The van der Waals surface area contributed by atoms with Gasteiger partial charge in [0, 0.05) is 5.75 Å². The van der Waals surface area contributed by atoms with Crippen molar-refractivity contribution in [2.24, 2.45) is 0 Å². The van der Waals surface area contributed by atoms with E-state index in [2.05, 4.69) is 26.7 Å². The molecular formula is C17H14FN3OS2. The monoisotopic (exact) mass is 359 g/mol. The zero-order chi connectivity index (χ0) is 16.4. The molecule has 4 aromatic rings. The predicted octanol–water partition coefficient (Wildman–Crippen LogP) is 4.64. The summed E-state index contributed by atoms with van der Waals surface area (Å²) in [6.45, 7) is 0.588. The van der Waals surface area contributed by atoms with Crippen LogP contribution in [0, 0.1) is 5.82 Å². The van der Waals surface area contributed by atoms with Gasteiger partial charge in [-0.05, 0) is 42.8 Å². The first-order valence-electron chi connectivity index (χ1n) is 7.55. The average molecular weight is 359 g/mol. The Morgan fingerprint density at radius 3 is 2.79 bits per heavy atom. The van der Waals surface area contributed by atoms with Gasteiger partial charge in [-0.25, -0.2) is 4.39 Å². The van der Waals surface area contributed by atoms with Gasteiger partial charge < -0.3 is 4.74 Å². The van der Waals surface area contributed by atoms with Crippen LogP contribution in [0.3, 0.4) is 0 Å². The van der Waals surface area contributed by atoms with Crippen LogP contribution < -0.4 is 4.74 Å². The van der Waals surface area contributed by atoms with Crippen molar-refractivity contribution < 1.29 is 9.13 Å². The zero-order valence-electron chi connectivity index (χ0n) is 12.7. The molecule has 0 fully saturated rings. The van der Waals surface area contributed by atoms with Gasteiger partial charge >= 0.3 is 0 Å². The standard InChI is InChI=1S/C17H14FN3OS2/c18-12-6-8-13(9-7-12)22-10-3-11-23-16-19-20-17-21(16)14-4-1-2-5-15(14)24-17/h1-2,4-9H,3,10-11H2. The van der Waals surface area contributed by atoms with E-state index >= 15 is 0 Å². The molecule has 0 amide bonds. The van der Waals surface area contributed by atoms with Crippen LogP contribution in [0.5, 0.6) is 5.75 Å². The lowest BCUT2D eigenvalue weighted by atomic mass is 10.3. The van der Waals surface area contributed by atoms with Crippen LogP contribution in [0.15, 0.2) is 53.7 Å². The predicted molar refractivity (Wildman–Crippen MR) is 95.6 cm³/mol. The fraction of sp³-hybridized carbons (Fsp3) is 0.176. The highest BCUT2D eigenvalue weighted by molar-refractivity contribution is 7.99. The maximum Gasteiger partial charge on any atom is 0.217 e. The van der Waals surface area contributed by atoms with E-state index in [1.807, 2.05) is 12.1 Å². The van der Waals surface area contributed by atoms with E-state index in [1.54, 1.807) is 35.2 Å². The molecule has 0 aliphatic carbocycles. The second-order valence-electron chi connectivity index (χ2n) is 5.17. The Morgan fingerprint density at radius 2 is 1.92 bits per heavy atom. The fourth-order valence-corrected chi connectivity index (χ4v) is 4.27. The van der Waals surface area contributed by atoms with Crippen LogP contribution in [-0.4, -0.2) is 27.0 Å². The number of fused-ring (bicyclic) bond motifs is 3. The first-order valence-corrected chi connectivity index (χ1v) is 9.35. The lowest BCUT2D eigenvalue weighted by Crippen LogP contribution is -1.99. The van der Waals surface area contributed by atoms with E-state index in [4.69, 9.17) is 4.74 Å². The summed E-state index contributed by atoms with van der Waals surface area (Å²) in [6, 6.07) is 14.3. The fourth-order valence-electron chi connectivity index (χ4n) is 2.39. The number of hydrogen-bond donors (Lipinski definition) is 0. The topological polar surface area (TPSA) is 39.4 Å². The molecule has 0 bridgehead atoms. The van der Waals surface area contributed by atoms with E-state index in [0.717, 1.165) is 27.8 Å². The summed E-state index contributed by atoms with van der Waals surface area (Å²) in [7, 11) is 0. The Bertz CT molecular complexity index is 965. The minimum atomic E-state index is -0.253. The largest absolute Gasteiger partial charge is 0.494 e. The van der Waals surface area contributed by atoms with Gasteiger partial charge in [0.15, 0.2) is 5.16 Å². The van der Waals surface area contributed by atoms with Crippen molar-refractivity contribution in [3.8, 4) is 5.75 Å². The molecule has 2 aromatic heterocycles. The van der Waals surface area contributed by atoms with Crippen LogP contribution >= 0.6 is 23.1 Å². The molecule has 0 radical (unpaired) electrons. The molecule has 7 heteroatoms. The molecule has 2 heterocycles. The van der Waals surface area contributed by atoms with Crippen molar-refractivity contribution >= 4 is 38.3 Å². The number of hydrogen-bond acceptors (Lipinski definition) is 5. The molecule has 2 aromatic carbocycles. The normalized spacial score (nSPS) is 11.4. The van der Waals surface area contributed by atoms with Gasteiger partial charge in [0.1, 0.15) is 11.6 Å². The van der Waals surface area contributed by atoms with Crippen molar-refractivity contribution in [3.63, 3.8) is 0 Å². The van der Waals surface area contributed by atoms with Gasteiger partial charge in [0.2, 0.25) is 4.96 Å². The lowest BCUT2D eigenvalue weighted by molar-refractivity contribution is 0.318. The van der Waals surface area contributed by atoms with E-state index in [-0.39, 0.29) is 5.82 Å². The third kappa shape index (κ3) is 3.09. The third-order valence-corrected chi connectivity index (χ3v) is 5.54. The molecule has 4 nitrogen and oxygen atoms in total. The molecule has 0 aliphatic heterocycles. The molecule has 0 atom stereocenters. The van der Waals surface area contributed by atoms with Crippen LogP contribution in [0.25, 0.3) is 15.2 Å². The number of ether oxygens (including phenoxy) is 1. The summed E-state index contributed by atoms with van der Waals surface area (Å²) in [5, 5.41) is 9.44. The third-order valence-electron chi connectivity index (χ3n) is 3.51. The van der Waals surface area contributed by atoms with E-state index in [0.29, 0.717) is 12.4 Å². The molecule has 0 saturated carbocycles. The van der Waals surface area contributed by atoms with Crippen molar-refractivity contribution in [2.75, 3.05) is 12.4 Å².